The van der Waals surface area contributed by atoms with E-state index in [9.17, 15) is 4.39 Å². The maximum Gasteiger partial charge on any atom is 0.127 e. The van der Waals surface area contributed by atoms with Gasteiger partial charge in [-0.15, -0.1) is 0 Å². The van der Waals surface area contributed by atoms with Gasteiger partial charge in [-0.25, -0.2) is 4.39 Å². The normalized spacial score (nSPS) is 11.8. The van der Waals surface area contributed by atoms with Gasteiger partial charge in [-0.3, -0.25) is 0 Å². The summed E-state index contributed by atoms with van der Waals surface area (Å²) in [6.45, 7) is 5.40. The molecule has 16 heavy (non-hydrogen) atoms. The molecule has 2 nitrogen and oxygen atoms in total. The molecule has 0 amide bonds. The zero-order valence-corrected chi connectivity index (χ0v) is 10.7. The van der Waals surface area contributed by atoms with E-state index in [1.54, 1.807) is 12.1 Å². The van der Waals surface area contributed by atoms with Crippen LogP contribution in [0.3, 0.4) is 0 Å². The second-order valence-corrected chi connectivity index (χ2v) is 4.91. The standard InChI is InChI=1S/C12H18ClFN2/c1-12(2,15-3)8-16-7-9-6-10(13)4-5-11(9)14/h4-6,15-16H,7-8H2,1-3H3. The minimum Gasteiger partial charge on any atom is -0.314 e. The number of nitrogens with one attached hydrogen (secondary N) is 2. The van der Waals surface area contributed by atoms with E-state index in [4.69, 9.17) is 11.6 Å². The molecule has 0 aliphatic rings. The summed E-state index contributed by atoms with van der Waals surface area (Å²) in [4.78, 5) is 0. The van der Waals surface area contributed by atoms with Gasteiger partial charge in [-0.1, -0.05) is 11.6 Å². The summed E-state index contributed by atoms with van der Waals surface area (Å²) in [7, 11) is 1.90. The molecule has 0 radical (unpaired) electrons. The fraction of sp³-hybridized carbons (Fsp3) is 0.500. The molecule has 1 aromatic rings. The molecule has 0 heterocycles. The maximum atomic E-state index is 13.4. The molecule has 0 aliphatic carbocycles. The van der Waals surface area contributed by atoms with Crippen molar-refractivity contribution in [2.45, 2.75) is 25.9 Å². The van der Waals surface area contributed by atoms with Gasteiger partial charge >= 0.3 is 0 Å². The lowest BCUT2D eigenvalue weighted by Crippen LogP contribution is -2.45. The summed E-state index contributed by atoms with van der Waals surface area (Å²) in [5.74, 6) is -0.223. The lowest BCUT2D eigenvalue weighted by Gasteiger charge is -2.24. The van der Waals surface area contributed by atoms with Crippen LogP contribution < -0.4 is 10.6 Å². The molecule has 0 fully saturated rings. The van der Waals surface area contributed by atoms with E-state index in [1.165, 1.54) is 6.07 Å². The van der Waals surface area contributed by atoms with Crippen molar-refractivity contribution in [1.82, 2.24) is 10.6 Å². The van der Waals surface area contributed by atoms with Gasteiger partial charge in [0.1, 0.15) is 5.82 Å². The minimum absolute atomic E-state index is 0.00491. The summed E-state index contributed by atoms with van der Waals surface area (Å²) < 4.78 is 13.4. The van der Waals surface area contributed by atoms with Crippen molar-refractivity contribution >= 4 is 11.6 Å². The van der Waals surface area contributed by atoms with Crippen molar-refractivity contribution in [3.63, 3.8) is 0 Å². The number of hydrogen-bond donors (Lipinski definition) is 2. The first-order chi connectivity index (χ1) is 7.44. The van der Waals surface area contributed by atoms with Gasteiger partial charge in [0.2, 0.25) is 0 Å². The van der Waals surface area contributed by atoms with E-state index in [2.05, 4.69) is 24.5 Å². The molecule has 0 unspecified atom stereocenters. The van der Waals surface area contributed by atoms with Gasteiger partial charge in [0, 0.05) is 29.2 Å². The monoisotopic (exact) mass is 244 g/mol. The van der Waals surface area contributed by atoms with Gasteiger partial charge in [0.25, 0.3) is 0 Å². The van der Waals surface area contributed by atoms with Crippen molar-refractivity contribution in [3.8, 4) is 0 Å². The smallest absolute Gasteiger partial charge is 0.127 e. The zero-order valence-electron chi connectivity index (χ0n) is 9.90. The molecule has 1 rings (SSSR count). The lowest BCUT2D eigenvalue weighted by atomic mass is 10.1. The first kappa shape index (κ1) is 13.4. The van der Waals surface area contributed by atoms with E-state index >= 15 is 0 Å². The van der Waals surface area contributed by atoms with Crippen LogP contribution in [0.1, 0.15) is 19.4 Å². The molecule has 0 aromatic heterocycles. The van der Waals surface area contributed by atoms with E-state index in [-0.39, 0.29) is 11.4 Å². The SMILES string of the molecule is CNC(C)(C)CNCc1cc(Cl)ccc1F. The predicted octanol–water partition coefficient (Wildman–Crippen LogP) is 2.57. The Labute approximate surface area is 101 Å². The molecule has 0 bridgehead atoms. The highest BCUT2D eigenvalue weighted by atomic mass is 35.5. The second-order valence-electron chi connectivity index (χ2n) is 4.47. The molecule has 0 atom stereocenters. The van der Waals surface area contributed by atoms with Crippen LogP contribution in [0.5, 0.6) is 0 Å². The number of likely N-dealkylation sites (N-methyl/N-ethyl adjacent to an activating group) is 1. The summed E-state index contributed by atoms with van der Waals surface area (Å²) in [5, 5.41) is 6.93. The largest absolute Gasteiger partial charge is 0.314 e. The number of hydrogen-bond acceptors (Lipinski definition) is 2. The summed E-state index contributed by atoms with van der Waals surface area (Å²) >= 11 is 5.81. The fourth-order valence-electron chi connectivity index (χ4n) is 1.28. The van der Waals surface area contributed by atoms with E-state index in [1.807, 2.05) is 7.05 Å². The fourth-order valence-corrected chi connectivity index (χ4v) is 1.47. The Kier molecular flexibility index (Phi) is 4.71. The second kappa shape index (κ2) is 5.62. The molecular formula is C12H18ClFN2. The van der Waals surface area contributed by atoms with Crippen LogP contribution >= 0.6 is 11.6 Å². The third-order valence-electron chi connectivity index (χ3n) is 2.57. The number of halogens is 2. The minimum atomic E-state index is -0.223. The maximum absolute atomic E-state index is 13.4. The van der Waals surface area contributed by atoms with E-state index in [0.29, 0.717) is 17.1 Å². The van der Waals surface area contributed by atoms with Crippen LogP contribution in [0.4, 0.5) is 4.39 Å². The van der Waals surface area contributed by atoms with Crippen LogP contribution in [0.25, 0.3) is 0 Å². The van der Waals surface area contributed by atoms with E-state index < -0.39 is 0 Å². The molecule has 0 saturated carbocycles. The van der Waals surface area contributed by atoms with Gasteiger partial charge in [-0.05, 0) is 39.1 Å². The Balaban J connectivity index is 2.52. The van der Waals surface area contributed by atoms with Crippen molar-refractivity contribution in [2.75, 3.05) is 13.6 Å². The summed E-state index contributed by atoms with van der Waals surface area (Å²) in [6.07, 6.45) is 0. The van der Waals surface area contributed by atoms with Gasteiger partial charge in [0.05, 0.1) is 0 Å². The van der Waals surface area contributed by atoms with Crippen LogP contribution in [-0.2, 0) is 6.54 Å². The van der Waals surface area contributed by atoms with E-state index in [0.717, 1.165) is 6.54 Å². The molecule has 90 valence electrons. The molecule has 0 saturated heterocycles. The van der Waals surface area contributed by atoms with Gasteiger partial charge in [0.15, 0.2) is 0 Å². The van der Waals surface area contributed by atoms with Gasteiger partial charge in [-0.2, -0.15) is 0 Å². The van der Waals surface area contributed by atoms with Crippen LogP contribution in [0.15, 0.2) is 18.2 Å². The average Bonchev–Trinajstić information content (AvgIpc) is 2.23. The zero-order chi connectivity index (χ0) is 12.2. The third-order valence-corrected chi connectivity index (χ3v) is 2.80. The number of rotatable bonds is 5. The lowest BCUT2D eigenvalue weighted by molar-refractivity contribution is 0.391. The Morgan fingerprint density at radius 3 is 2.69 bits per heavy atom. The Morgan fingerprint density at radius 2 is 2.06 bits per heavy atom. The molecular weight excluding hydrogens is 227 g/mol. The predicted molar refractivity (Wildman–Crippen MR) is 66.3 cm³/mol. The quantitative estimate of drug-likeness (QED) is 0.832. The Bertz CT molecular complexity index is 353. The van der Waals surface area contributed by atoms with Crippen LogP contribution in [0.2, 0.25) is 5.02 Å². The summed E-state index contributed by atoms with van der Waals surface area (Å²) in [5.41, 5.74) is 0.592. The highest BCUT2D eigenvalue weighted by Crippen LogP contribution is 2.14. The molecule has 0 spiro atoms. The first-order valence-corrected chi connectivity index (χ1v) is 5.66. The van der Waals surface area contributed by atoms with Crippen molar-refractivity contribution in [1.29, 1.82) is 0 Å². The molecule has 4 heteroatoms. The first-order valence-electron chi connectivity index (χ1n) is 5.28. The topological polar surface area (TPSA) is 24.1 Å². The molecule has 2 N–H and O–H groups in total. The number of benzene rings is 1. The average molecular weight is 245 g/mol. The molecule has 1 aromatic carbocycles. The summed E-state index contributed by atoms with van der Waals surface area (Å²) in [6, 6.07) is 4.59. The van der Waals surface area contributed by atoms with Crippen molar-refractivity contribution in [2.24, 2.45) is 0 Å². The van der Waals surface area contributed by atoms with Crippen LogP contribution in [-0.4, -0.2) is 19.1 Å². The van der Waals surface area contributed by atoms with Crippen LogP contribution in [0, 0.1) is 5.82 Å². The van der Waals surface area contributed by atoms with Gasteiger partial charge < -0.3 is 10.6 Å². The Morgan fingerprint density at radius 1 is 1.38 bits per heavy atom. The highest BCUT2D eigenvalue weighted by Gasteiger charge is 2.13. The molecule has 0 aliphatic heterocycles. The third kappa shape index (κ3) is 4.08. The highest BCUT2D eigenvalue weighted by molar-refractivity contribution is 6.30. The van der Waals surface area contributed by atoms with Crippen molar-refractivity contribution < 1.29 is 4.39 Å². The Hall–Kier alpha value is -0.640. The van der Waals surface area contributed by atoms with Crippen molar-refractivity contribution in [3.05, 3.63) is 34.6 Å².